The fourth-order valence-corrected chi connectivity index (χ4v) is 3.14. The Balaban J connectivity index is 2.48. The van der Waals surface area contributed by atoms with Crippen LogP contribution in [0, 0.1) is 5.92 Å². The first-order valence-corrected chi connectivity index (χ1v) is 7.96. The van der Waals surface area contributed by atoms with Gasteiger partial charge in [-0.3, -0.25) is 4.79 Å². The fraction of sp³-hybridized carbons (Fsp3) is 0.909. The molecule has 0 aliphatic carbocycles. The summed E-state index contributed by atoms with van der Waals surface area (Å²) >= 11 is 0. The van der Waals surface area contributed by atoms with Crippen molar-refractivity contribution < 1.29 is 13.2 Å². The van der Waals surface area contributed by atoms with Crippen molar-refractivity contribution in [1.82, 2.24) is 9.21 Å². The summed E-state index contributed by atoms with van der Waals surface area (Å²) in [5.41, 5.74) is 0. The first-order chi connectivity index (χ1) is 7.88. The minimum Gasteiger partial charge on any atom is -0.343 e. The standard InChI is InChI=1S/C11H22N2O3S/c1-4-12(5-2)11(14)8-10-6-7-13(9-10)17(3,15)16/h10H,4-9H2,1-3H3. The summed E-state index contributed by atoms with van der Waals surface area (Å²) in [6, 6.07) is 0. The molecule has 1 atom stereocenters. The molecule has 1 aliphatic heterocycles. The predicted molar refractivity (Wildman–Crippen MR) is 67.1 cm³/mol. The van der Waals surface area contributed by atoms with Crippen LogP contribution in [-0.4, -0.2) is 56.0 Å². The smallest absolute Gasteiger partial charge is 0.222 e. The zero-order valence-electron chi connectivity index (χ0n) is 10.8. The van der Waals surface area contributed by atoms with Gasteiger partial charge in [0.1, 0.15) is 0 Å². The third-order valence-corrected chi connectivity index (χ3v) is 4.57. The first kappa shape index (κ1) is 14.4. The summed E-state index contributed by atoms with van der Waals surface area (Å²) in [6.07, 6.45) is 2.48. The second kappa shape index (κ2) is 5.82. The van der Waals surface area contributed by atoms with Crippen LogP contribution in [0.1, 0.15) is 26.7 Å². The van der Waals surface area contributed by atoms with E-state index < -0.39 is 10.0 Å². The number of carbonyl (C=O) groups is 1. The Labute approximate surface area is 104 Å². The van der Waals surface area contributed by atoms with E-state index in [9.17, 15) is 13.2 Å². The lowest BCUT2D eigenvalue weighted by Crippen LogP contribution is -2.33. The Kier molecular flexibility index (Phi) is 4.94. The molecule has 1 heterocycles. The van der Waals surface area contributed by atoms with Crippen molar-refractivity contribution in [3.63, 3.8) is 0 Å². The molecule has 1 rings (SSSR count). The summed E-state index contributed by atoms with van der Waals surface area (Å²) in [7, 11) is -3.09. The van der Waals surface area contributed by atoms with Crippen LogP contribution >= 0.6 is 0 Å². The van der Waals surface area contributed by atoms with E-state index in [4.69, 9.17) is 0 Å². The molecule has 6 heteroatoms. The predicted octanol–water partition coefficient (Wildman–Crippen LogP) is 0.526. The van der Waals surface area contributed by atoms with E-state index in [1.165, 1.54) is 10.6 Å². The topological polar surface area (TPSA) is 57.7 Å². The number of rotatable bonds is 5. The van der Waals surface area contributed by atoms with Gasteiger partial charge < -0.3 is 4.90 Å². The monoisotopic (exact) mass is 262 g/mol. The maximum absolute atomic E-state index is 11.9. The Hall–Kier alpha value is -0.620. The van der Waals surface area contributed by atoms with E-state index in [1.54, 1.807) is 4.90 Å². The third kappa shape index (κ3) is 3.96. The van der Waals surface area contributed by atoms with Crippen LogP contribution in [0.2, 0.25) is 0 Å². The molecule has 17 heavy (non-hydrogen) atoms. The van der Waals surface area contributed by atoms with Gasteiger partial charge in [-0.1, -0.05) is 0 Å². The van der Waals surface area contributed by atoms with Crippen LogP contribution in [0.15, 0.2) is 0 Å². The van der Waals surface area contributed by atoms with Crippen LogP contribution in [0.3, 0.4) is 0 Å². The minimum absolute atomic E-state index is 0.135. The number of amides is 1. The first-order valence-electron chi connectivity index (χ1n) is 6.11. The molecule has 0 saturated carbocycles. The van der Waals surface area contributed by atoms with E-state index in [0.717, 1.165) is 19.5 Å². The molecular weight excluding hydrogens is 240 g/mol. The van der Waals surface area contributed by atoms with E-state index in [2.05, 4.69) is 0 Å². The third-order valence-electron chi connectivity index (χ3n) is 3.30. The Morgan fingerprint density at radius 1 is 1.35 bits per heavy atom. The molecule has 0 aromatic rings. The molecule has 0 aromatic carbocycles. The summed E-state index contributed by atoms with van der Waals surface area (Å²) in [6.45, 7) is 6.40. The molecule has 0 N–H and O–H groups in total. The molecule has 1 unspecified atom stereocenters. The molecule has 1 fully saturated rings. The van der Waals surface area contributed by atoms with E-state index in [-0.39, 0.29) is 11.8 Å². The molecular formula is C11H22N2O3S. The lowest BCUT2D eigenvalue weighted by atomic mass is 10.0. The highest BCUT2D eigenvalue weighted by Gasteiger charge is 2.30. The number of nitrogens with zero attached hydrogens (tertiary/aromatic N) is 2. The Morgan fingerprint density at radius 2 is 1.94 bits per heavy atom. The second-order valence-electron chi connectivity index (χ2n) is 4.55. The number of carbonyl (C=O) groups excluding carboxylic acids is 1. The van der Waals surface area contributed by atoms with Gasteiger partial charge in [0.2, 0.25) is 15.9 Å². The average Bonchev–Trinajstić information content (AvgIpc) is 2.67. The van der Waals surface area contributed by atoms with E-state index in [0.29, 0.717) is 19.5 Å². The zero-order chi connectivity index (χ0) is 13.1. The van der Waals surface area contributed by atoms with Gasteiger partial charge in [0.15, 0.2) is 0 Å². The van der Waals surface area contributed by atoms with E-state index >= 15 is 0 Å². The van der Waals surface area contributed by atoms with Crippen molar-refractivity contribution in [2.24, 2.45) is 5.92 Å². The molecule has 5 nitrogen and oxygen atoms in total. The molecule has 0 spiro atoms. The molecule has 0 radical (unpaired) electrons. The molecule has 0 bridgehead atoms. The Morgan fingerprint density at radius 3 is 2.35 bits per heavy atom. The fourth-order valence-electron chi connectivity index (χ4n) is 2.22. The van der Waals surface area contributed by atoms with Crippen molar-refractivity contribution in [3.05, 3.63) is 0 Å². The highest BCUT2D eigenvalue weighted by molar-refractivity contribution is 7.88. The molecule has 0 aromatic heterocycles. The van der Waals surface area contributed by atoms with Crippen molar-refractivity contribution in [1.29, 1.82) is 0 Å². The van der Waals surface area contributed by atoms with Gasteiger partial charge >= 0.3 is 0 Å². The van der Waals surface area contributed by atoms with Crippen LogP contribution in [0.5, 0.6) is 0 Å². The molecule has 1 aliphatic rings. The summed E-state index contributed by atoms with van der Waals surface area (Å²) in [4.78, 5) is 13.7. The van der Waals surface area contributed by atoms with Gasteiger partial charge in [0.05, 0.1) is 6.26 Å². The molecule has 1 amide bonds. The van der Waals surface area contributed by atoms with Crippen LogP contribution < -0.4 is 0 Å². The van der Waals surface area contributed by atoms with Crippen molar-refractivity contribution in [2.45, 2.75) is 26.7 Å². The average molecular weight is 262 g/mol. The van der Waals surface area contributed by atoms with Crippen LogP contribution in [0.25, 0.3) is 0 Å². The Bertz CT molecular complexity index is 363. The molecule has 100 valence electrons. The van der Waals surface area contributed by atoms with Gasteiger partial charge in [-0.2, -0.15) is 0 Å². The van der Waals surface area contributed by atoms with Gasteiger partial charge in [-0.05, 0) is 26.2 Å². The van der Waals surface area contributed by atoms with Crippen LogP contribution in [0.4, 0.5) is 0 Å². The zero-order valence-corrected chi connectivity index (χ0v) is 11.7. The summed E-state index contributed by atoms with van der Waals surface area (Å²) in [5, 5.41) is 0. The summed E-state index contributed by atoms with van der Waals surface area (Å²) in [5.74, 6) is 0.313. The quantitative estimate of drug-likeness (QED) is 0.726. The van der Waals surface area contributed by atoms with Crippen LogP contribution in [-0.2, 0) is 14.8 Å². The highest BCUT2D eigenvalue weighted by atomic mass is 32.2. The highest BCUT2D eigenvalue weighted by Crippen LogP contribution is 2.22. The minimum atomic E-state index is -3.09. The van der Waals surface area contributed by atoms with Crippen molar-refractivity contribution in [2.75, 3.05) is 32.4 Å². The molecule has 1 saturated heterocycles. The number of hydrogen-bond donors (Lipinski definition) is 0. The number of sulfonamides is 1. The lowest BCUT2D eigenvalue weighted by Gasteiger charge is -2.20. The number of hydrogen-bond acceptors (Lipinski definition) is 3. The van der Waals surface area contributed by atoms with E-state index in [1.807, 2.05) is 13.8 Å². The second-order valence-corrected chi connectivity index (χ2v) is 6.53. The normalized spacial score (nSPS) is 21.7. The van der Waals surface area contributed by atoms with Gasteiger partial charge in [0.25, 0.3) is 0 Å². The van der Waals surface area contributed by atoms with Gasteiger partial charge in [-0.25, -0.2) is 12.7 Å². The summed E-state index contributed by atoms with van der Waals surface area (Å²) < 4.78 is 24.1. The van der Waals surface area contributed by atoms with Crippen molar-refractivity contribution >= 4 is 15.9 Å². The van der Waals surface area contributed by atoms with Gasteiger partial charge in [-0.15, -0.1) is 0 Å². The van der Waals surface area contributed by atoms with Crippen molar-refractivity contribution in [3.8, 4) is 0 Å². The van der Waals surface area contributed by atoms with Gasteiger partial charge in [0, 0.05) is 32.6 Å². The maximum Gasteiger partial charge on any atom is 0.222 e. The lowest BCUT2D eigenvalue weighted by molar-refractivity contribution is -0.131. The SMILES string of the molecule is CCN(CC)C(=O)CC1CCN(S(C)(=O)=O)C1. The largest absolute Gasteiger partial charge is 0.343 e. The maximum atomic E-state index is 11.9.